The van der Waals surface area contributed by atoms with Gasteiger partial charge in [0.2, 0.25) is 0 Å². The highest BCUT2D eigenvalue weighted by Gasteiger charge is 2.13. The van der Waals surface area contributed by atoms with E-state index in [1.54, 1.807) is 10.6 Å². The molecule has 0 saturated carbocycles. The van der Waals surface area contributed by atoms with Crippen LogP contribution >= 0.6 is 11.6 Å². The molecule has 0 unspecified atom stereocenters. The Balaban J connectivity index is 2.56. The van der Waals surface area contributed by atoms with E-state index in [-0.39, 0.29) is 18.2 Å². The van der Waals surface area contributed by atoms with Crippen molar-refractivity contribution in [2.75, 3.05) is 7.11 Å². The number of rotatable bonds is 3. The number of ether oxygens (including phenoxy) is 1. The molecule has 0 saturated heterocycles. The summed E-state index contributed by atoms with van der Waals surface area (Å²) in [4.78, 5) is 15.5. The predicted octanol–water partition coefficient (Wildman–Crippen LogP) is 2.09. The van der Waals surface area contributed by atoms with Gasteiger partial charge in [-0.25, -0.2) is 9.37 Å². The highest BCUT2D eigenvalue weighted by Crippen LogP contribution is 2.18. The van der Waals surface area contributed by atoms with E-state index in [4.69, 9.17) is 11.6 Å². The molecule has 4 nitrogen and oxygen atoms in total. The Kier molecular flexibility index (Phi) is 3.28. The second kappa shape index (κ2) is 4.71. The van der Waals surface area contributed by atoms with Crippen molar-refractivity contribution in [2.45, 2.75) is 12.4 Å². The van der Waals surface area contributed by atoms with Crippen LogP contribution in [0.5, 0.6) is 0 Å². The Labute approximate surface area is 102 Å². The van der Waals surface area contributed by atoms with Gasteiger partial charge in [0.1, 0.15) is 18.2 Å². The molecule has 17 heavy (non-hydrogen) atoms. The smallest absolute Gasteiger partial charge is 0.325 e. The molecule has 0 aliphatic heterocycles. The molecule has 1 aromatic carbocycles. The summed E-state index contributed by atoms with van der Waals surface area (Å²) in [5.41, 5.74) is 1.14. The molecule has 0 amide bonds. The quantitative estimate of drug-likeness (QED) is 0.624. The van der Waals surface area contributed by atoms with E-state index in [1.807, 2.05) is 0 Å². The minimum Gasteiger partial charge on any atom is -0.468 e. The number of hydrogen-bond donors (Lipinski definition) is 0. The van der Waals surface area contributed by atoms with Crippen LogP contribution in [0.2, 0.25) is 0 Å². The van der Waals surface area contributed by atoms with Crippen molar-refractivity contribution in [3.05, 3.63) is 29.8 Å². The SMILES string of the molecule is COC(=O)Cn1c(CCl)nc2ccc(F)cc21. The van der Waals surface area contributed by atoms with Crippen LogP contribution in [0.3, 0.4) is 0 Å². The third-order valence-corrected chi connectivity index (χ3v) is 2.66. The van der Waals surface area contributed by atoms with Crippen molar-refractivity contribution in [1.82, 2.24) is 9.55 Å². The lowest BCUT2D eigenvalue weighted by atomic mass is 10.3. The molecular weight excluding hydrogens is 247 g/mol. The molecule has 0 aliphatic rings. The lowest BCUT2D eigenvalue weighted by molar-refractivity contribution is -0.141. The van der Waals surface area contributed by atoms with Crippen LogP contribution in [0, 0.1) is 5.82 Å². The molecule has 90 valence electrons. The number of fused-ring (bicyclic) bond motifs is 1. The van der Waals surface area contributed by atoms with E-state index < -0.39 is 5.97 Å². The van der Waals surface area contributed by atoms with Crippen molar-refractivity contribution in [1.29, 1.82) is 0 Å². The van der Waals surface area contributed by atoms with Gasteiger partial charge in [0, 0.05) is 0 Å². The lowest BCUT2D eigenvalue weighted by Crippen LogP contribution is -2.13. The predicted molar refractivity (Wildman–Crippen MR) is 61.3 cm³/mol. The van der Waals surface area contributed by atoms with E-state index in [0.29, 0.717) is 16.9 Å². The summed E-state index contributed by atoms with van der Waals surface area (Å²) < 4.78 is 19.3. The Morgan fingerprint density at radius 3 is 3.00 bits per heavy atom. The Hall–Kier alpha value is -1.62. The van der Waals surface area contributed by atoms with Crippen LogP contribution in [-0.2, 0) is 22.0 Å². The van der Waals surface area contributed by atoms with Gasteiger partial charge >= 0.3 is 5.97 Å². The van der Waals surface area contributed by atoms with Gasteiger partial charge in [-0.3, -0.25) is 4.79 Å². The Morgan fingerprint density at radius 1 is 1.59 bits per heavy atom. The molecule has 6 heteroatoms. The number of carbonyl (C=O) groups is 1. The highest BCUT2D eigenvalue weighted by atomic mass is 35.5. The molecule has 0 atom stereocenters. The molecule has 0 bridgehead atoms. The van der Waals surface area contributed by atoms with Crippen LogP contribution < -0.4 is 0 Å². The third-order valence-electron chi connectivity index (χ3n) is 2.42. The van der Waals surface area contributed by atoms with Gasteiger partial charge in [0.15, 0.2) is 0 Å². The summed E-state index contributed by atoms with van der Waals surface area (Å²) in [5.74, 6) is -0.157. The number of esters is 1. The van der Waals surface area contributed by atoms with Gasteiger partial charge in [-0.15, -0.1) is 11.6 Å². The number of methoxy groups -OCH3 is 1. The first kappa shape index (κ1) is 11.9. The van der Waals surface area contributed by atoms with Crippen LogP contribution in [0.1, 0.15) is 5.82 Å². The van der Waals surface area contributed by atoms with Gasteiger partial charge in [0.25, 0.3) is 0 Å². The molecule has 0 aliphatic carbocycles. The average Bonchev–Trinajstić information content (AvgIpc) is 2.67. The number of halogens is 2. The van der Waals surface area contributed by atoms with E-state index in [0.717, 1.165) is 0 Å². The second-order valence-corrected chi connectivity index (χ2v) is 3.72. The fourth-order valence-corrected chi connectivity index (χ4v) is 1.82. The number of hydrogen-bond acceptors (Lipinski definition) is 3. The first-order valence-corrected chi connectivity index (χ1v) is 5.46. The van der Waals surface area contributed by atoms with E-state index in [1.165, 1.54) is 19.2 Å². The number of nitrogens with zero attached hydrogens (tertiary/aromatic N) is 2. The monoisotopic (exact) mass is 256 g/mol. The summed E-state index contributed by atoms with van der Waals surface area (Å²) >= 11 is 5.74. The largest absolute Gasteiger partial charge is 0.468 e. The molecule has 1 aromatic heterocycles. The normalized spacial score (nSPS) is 10.8. The van der Waals surface area contributed by atoms with E-state index in [2.05, 4.69) is 9.72 Å². The zero-order chi connectivity index (χ0) is 12.4. The van der Waals surface area contributed by atoms with Crippen molar-refractivity contribution >= 4 is 28.6 Å². The summed E-state index contributed by atoms with van der Waals surface area (Å²) in [6.07, 6.45) is 0. The second-order valence-electron chi connectivity index (χ2n) is 3.46. The van der Waals surface area contributed by atoms with Crippen molar-refractivity contribution in [3.63, 3.8) is 0 Å². The maximum atomic E-state index is 13.2. The zero-order valence-corrected chi connectivity index (χ0v) is 9.87. The van der Waals surface area contributed by atoms with E-state index >= 15 is 0 Å². The lowest BCUT2D eigenvalue weighted by Gasteiger charge is -2.05. The fourth-order valence-electron chi connectivity index (χ4n) is 1.62. The van der Waals surface area contributed by atoms with Gasteiger partial charge in [0.05, 0.1) is 24.0 Å². The fraction of sp³-hybridized carbons (Fsp3) is 0.273. The first-order chi connectivity index (χ1) is 8.15. The van der Waals surface area contributed by atoms with Gasteiger partial charge < -0.3 is 9.30 Å². The number of carbonyl (C=O) groups excluding carboxylic acids is 1. The summed E-state index contributed by atoms with van der Waals surface area (Å²) in [7, 11) is 1.29. The zero-order valence-electron chi connectivity index (χ0n) is 9.11. The summed E-state index contributed by atoms with van der Waals surface area (Å²) in [5, 5.41) is 0. The molecule has 1 heterocycles. The van der Waals surface area contributed by atoms with Crippen LogP contribution in [0.15, 0.2) is 18.2 Å². The van der Waals surface area contributed by atoms with Crippen LogP contribution in [-0.4, -0.2) is 22.6 Å². The van der Waals surface area contributed by atoms with Crippen molar-refractivity contribution < 1.29 is 13.9 Å². The number of alkyl halides is 1. The molecular formula is C11H10ClFN2O2. The van der Waals surface area contributed by atoms with Crippen molar-refractivity contribution in [3.8, 4) is 0 Å². The molecule has 0 N–H and O–H groups in total. The summed E-state index contributed by atoms with van der Waals surface area (Å²) in [6.45, 7) is -0.0293. The molecule has 2 aromatic rings. The highest BCUT2D eigenvalue weighted by molar-refractivity contribution is 6.16. The van der Waals surface area contributed by atoms with Gasteiger partial charge in [-0.2, -0.15) is 0 Å². The Bertz CT molecular complexity index is 568. The third kappa shape index (κ3) is 2.24. The number of benzene rings is 1. The number of aromatic nitrogens is 2. The van der Waals surface area contributed by atoms with Crippen LogP contribution in [0.4, 0.5) is 4.39 Å². The van der Waals surface area contributed by atoms with E-state index in [9.17, 15) is 9.18 Å². The topological polar surface area (TPSA) is 44.1 Å². The van der Waals surface area contributed by atoms with Gasteiger partial charge in [-0.1, -0.05) is 0 Å². The molecule has 0 radical (unpaired) electrons. The average molecular weight is 257 g/mol. The molecule has 2 rings (SSSR count). The Morgan fingerprint density at radius 2 is 2.35 bits per heavy atom. The summed E-state index contributed by atoms with van der Waals surface area (Å²) in [6, 6.07) is 4.19. The maximum Gasteiger partial charge on any atom is 0.325 e. The number of imidazole rings is 1. The minimum atomic E-state index is -0.431. The van der Waals surface area contributed by atoms with Crippen molar-refractivity contribution in [2.24, 2.45) is 0 Å². The molecule has 0 fully saturated rings. The maximum absolute atomic E-state index is 13.2. The van der Waals surface area contributed by atoms with Gasteiger partial charge in [-0.05, 0) is 18.2 Å². The first-order valence-electron chi connectivity index (χ1n) is 4.93. The standard InChI is InChI=1S/C11H10ClFN2O2/c1-17-11(16)6-15-9-4-7(13)2-3-8(9)14-10(15)5-12/h2-4H,5-6H2,1H3. The molecule has 0 spiro atoms. The van der Waals surface area contributed by atoms with Crippen LogP contribution in [0.25, 0.3) is 11.0 Å². The minimum absolute atomic E-state index is 0.0293.